The van der Waals surface area contributed by atoms with Gasteiger partial charge in [0.25, 0.3) is 0 Å². The van der Waals surface area contributed by atoms with E-state index in [0.717, 1.165) is 6.07 Å². The Kier molecular flexibility index (Phi) is 11.3. The van der Waals surface area contributed by atoms with Gasteiger partial charge in [-0.1, -0.05) is 76.0 Å². The highest BCUT2D eigenvalue weighted by Gasteiger charge is 2.63. The predicted octanol–water partition coefficient (Wildman–Crippen LogP) is 9.33. The first-order valence-electron chi connectivity index (χ1n) is 15.4. The number of benzene rings is 2. The first kappa shape index (κ1) is 37.4. The molecule has 0 amide bonds. The van der Waals surface area contributed by atoms with Crippen LogP contribution in [0.15, 0.2) is 36.4 Å². The molecule has 1 aliphatic rings. The Balaban J connectivity index is 2.38. The molecule has 2 aromatic rings. The molecule has 0 spiro atoms. The van der Waals surface area contributed by atoms with Gasteiger partial charge in [-0.25, -0.2) is 8.78 Å². The summed E-state index contributed by atoms with van der Waals surface area (Å²) in [6.45, 7) is 19.8. The van der Waals surface area contributed by atoms with Gasteiger partial charge in [0, 0.05) is 22.5 Å². The number of rotatable bonds is 10. The van der Waals surface area contributed by atoms with Gasteiger partial charge in [-0.15, -0.1) is 0 Å². The monoisotopic (exact) mass is 678 g/mol. The zero-order chi connectivity index (χ0) is 34.2. The third-order valence-corrected chi connectivity index (χ3v) is 10.9. The van der Waals surface area contributed by atoms with Gasteiger partial charge in [-0.3, -0.25) is 10.1 Å². The van der Waals surface area contributed by atoms with Crippen molar-refractivity contribution in [2.24, 2.45) is 5.41 Å². The molecule has 2 aromatic carbocycles. The standard InChI is InChI=1S/C35H46Cl2F2N2O3Si/c1-11-34(12-2,33(9,10)44-45-32(6,7)8)19-26-35(20-40,23-17-16-21(36)18-25(23)38)27(22-14-13-15-24(37)28(22)39)29(41-26)30(42)43-31(3,4)5/h13-18,26-27,29,41H,11-12,19H2,1-10H3. The Morgan fingerprint density at radius 2 is 1.67 bits per heavy atom. The van der Waals surface area contributed by atoms with Gasteiger partial charge in [0.2, 0.25) is 9.76 Å². The van der Waals surface area contributed by atoms with Crippen LogP contribution in [-0.2, 0) is 19.4 Å². The number of carbonyl (C=O) groups excluding carboxylic acids is 1. The molecule has 246 valence electrons. The summed E-state index contributed by atoms with van der Waals surface area (Å²) in [7, 11) is 0.197. The molecular weight excluding hydrogens is 633 g/mol. The van der Waals surface area contributed by atoms with Crippen molar-refractivity contribution in [2.75, 3.05) is 0 Å². The zero-order valence-corrected chi connectivity index (χ0v) is 30.5. The fourth-order valence-corrected chi connectivity index (χ4v) is 7.82. The molecule has 1 heterocycles. The third-order valence-electron chi connectivity index (χ3n) is 9.13. The van der Waals surface area contributed by atoms with Crippen molar-refractivity contribution in [2.45, 2.75) is 128 Å². The van der Waals surface area contributed by atoms with E-state index in [1.165, 1.54) is 24.3 Å². The van der Waals surface area contributed by atoms with Crippen LogP contribution in [-0.4, -0.2) is 39.0 Å². The van der Waals surface area contributed by atoms with Gasteiger partial charge in [-0.2, -0.15) is 5.26 Å². The van der Waals surface area contributed by atoms with Gasteiger partial charge in [0.05, 0.1) is 16.7 Å². The first-order chi connectivity index (χ1) is 20.7. The Morgan fingerprint density at radius 1 is 1.04 bits per heavy atom. The summed E-state index contributed by atoms with van der Waals surface area (Å²) in [5.74, 6) is -3.38. The molecule has 4 unspecified atom stereocenters. The van der Waals surface area contributed by atoms with Gasteiger partial charge < -0.3 is 9.16 Å². The fourth-order valence-electron chi connectivity index (χ4n) is 6.70. The average Bonchev–Trinajstić information content (AvgIpc) is 3.25. The molecule has 0 aromatic heterocycles. The maximum absolute atomic E-state index is 16.1. The minimum absolute atomic E-state index is 0.0127. The van der Waals surface area contributed by atoms with Crippen LogP contribution in [0.3, 0.4) is 0 Å². The number of hydrogen-bond donors (Lipinski definition) is 1. The molecule has 1 N–H and O–H groups in total. The number of nitriles is 1. The van der Waals surface area contributed by atoms with Crippen molar-refractivity contribution in [3.8, 4) is 6.07 Å². The van der Waals surface area contributed by atoms with E-state index in [9.17, 15) is 10.1 Å². The molecule has 0 saturated carbocycles. The summed E-state index contributed by atoms with van der Waals surface area (Å²) in [4.78, 5) is 14.0. The predicted molar refractivity (Wildman–Crippen MR) is 178 cm³/mol. The quantitative estimate of drug-likeness (QED) is 0.200. The van der Waals surface area contributed by atoms with Crippen molar-refractivity contribution >= 4 is 38.9 Å². The normalized spacial score (nSPS) is 22.7. The number of ether oxygens (including phenoxy) is 1. The molecule has 5 nitrogen and oxygen atoms in total. The van der Waals surface area contributed by atoms with Gasteiger partial charge >= 0.3 is 5.97 Å². The summed E-state index contributed by atoms with van der Waals surface area (Å²) in [6.07, 6.45) is 1.65. The van der Waals surface area contributed by atoms with E-state index in [-0.39, 0.29) is 36.0 Å². The van der Waals surface area contributed by atoms with E-state index < -0.39 is 57.6 Å². The van der Waals surface area contributed by atoms with Crippen LogP contribution in [0.5, 0.6) is 0 Å². The highest BCUT2D eigenvalue weighted by molar-refractivity contribution is 6.32. The number of hydrogen-bond acceptors (Lipinski definition) is 5. The van der Waals surface area contributed by atoms with E-state index in [1.807, 2.05) is 13.8 Å². The SMILES string of the molecule is CCC(CC)(CC1NC(C(=O)OC(C)(C)C)C(c2cccc(Cl)c2F)C1(C#N)c1ccc(Cl)cc1F)C(C)(C)O[Si]C(C)(C)C. The van der Waals surface area contributed by atoms with E-state index in [4.69, 9.17) is 32.4 Å². The van der Waals surface area contributed by atoms with Crippen LogP contribution >= 0.6 is 23.2 Å². The first-order valence-corrected chi connectivity index (χ1v) is 17.1. The molecule has 4 atom stereocenters. The lowest BCUT2D eigenvalue weighted by atomic mass is 9.59. The van der Waals surface area contributed by atoms with Crippen LogP contribution in [0, 0.1) is 28.4 Å². The van der Waals surface area contributed by atoms with Crippen LogP contribution in [0.1, 0.15) is 106 Å². The van der Waals surface area contributed by atoms with Gasteiger partial charge in [-0.05, 0) is 88.1 Å². The van der Waals surface area contributed by atoms with Crippen molar-refractivity contribution in [3.05, 3.63) is 69.2 Å². The number of carbonyl (C=O) groups is 1. The topological polar surface area (TPSA) is 71.3 Å². The van der Waals surface area contributed by atoms with Gasteiger partial charge in [0.15, 0.2) is 0 Å². The Bertz CT molecular complexity index is 1430. The number of esters is 1. The molecule has 1 fully saturated rings. The lowest BCUT2D eigenvalue weighted by Gasteiger charge is -2.50. The van der Waals surface area contributed by atoms with Crippen LogP contribution < -0.4 is 5.32 Å². The summed E-state index contributed by atoms with van der Waals surface area (Å²) in [6, 6.07) is 8.96. The minimum Gasteiger partial charge on any atom is -0.459 e. The second kappa shape index (κ2) is 13.6. The molecule has 10 heteroatoms. The smallest absolute Gasteiger partial charge is 0.324 e. The highest BCUT2D eigenvalue weighted by Crippen LogP contribution is 2.56. The van der Waals surface area contributed by atoms with Crippen LogP contribution in [0.25, 0.3) is 0 Å². The van der Waals surface area contributed by atoms with Crippen LogP contribution in [0.4, 0.5) is 8.78 Å². The second-order valence-electron chi connectivity index (χ2n) is 14.6. The van der Waals surface area contributed by atoms with Gasteiger partial charge in [0.1, 0.15) is 28.7 Å². The van der Waals surface area contributed by atoms with E-state index >= 15 is 8.78 Å². The Morgan fingerprint density at radius 3 is 2.18 bits per heavy atom. The molecule has 2 radical (unpaired) electrons. The summed E-state index contributed by atoms with van der Waals surface area (Å²) >= 11 is 12.5. The molecule has 1 saturated heterocycles. The molecule has 0 aliphatic carbocycles. The summed E-state index contributed by atoms with van der Waals surface area (Å²) < 4.78 is 44.6. The third kappa shape index (κ3) is 7.60. The second-order valence-corrected chi connectivity index (χ2v) is 17.4. The fraction of sp³-hybridized carbons (Fsp3) is 0.600. The maximum atomic E-state index is 16.1. The number of nitrogens with one attached hydrogen (secondary N) is 1. The summed E-state index contributed by atoms with van der Waals surface area (Å²) in [5.41, 5.74) is -3.83. The lowest BCUT2D eigenvalue weighted by Crippen LogP contribution is -2.53. The van der Waals surface area contributed by atoms with E-state index in [2.05, 4.69) is 46.0 Å². The molecule has 0 bridgehead atoms. The zero-order valence-electron chi connectivity index (χ0n) is 28.0. The molecule has 3 rings (SSSR count). The van der Waals surface area contributed by atoms with E-state index in [1.54, 1.807) is 26.8 Å². The maximum Gasteiger partial charge on any atom is 0.324 e. The van der Waals surface area contributed by atoms with E-state index in [0.29, 0.717) is 19.3 Å². The number of halogens is 4. The number of nitrogens with zero attached hydrogens (tertiary/aromatic N) is 1. The highest BCUT2D eigenvalue weighted by atomic mass is 35.5. The lowest BCUT2D eigenvalue weighted by molar-refractivity contribution is -0.157. The Labute approximate surface area is 280 Å². The minimum atomic E-state index is -1.78. The molecular formula is C35H46Cl2F2N2O3Si. The average molecular weight is 680 g/mol. The van der Waals surface area contributed by atoms with Crippen molar-refractivity contribution in [1.29, 1.82) is 5.26 Å². The van der Waals surface area contributed by atoms with Crippen molar-refractivity contribution in [1.82, 2.24) is 5.32 Å². The van der Waals surface area contributed by atoms with Crippen LogP contribution in [0.2, 0.25) is 15.1 Å². The van der Waals surface area contributed by atoms with Crippen molar-refractivity contribution in [3.63, 3.8) is 0 Å². The molecule has 45 heavy (non-hydrogen) atoms. The molecule has 1 aliphatic heterocycles. The Hall–Kier alpha value is -2.02. The van der Waals surface area contributed by atoms with Crippen molar-refractivity contribution < 1.29 is 22.7 Å². The largest absolute Gasteiger partial charge is 0.459 e. The summed E-state index contributed by atoms with van der Waals surface area (Å²) in [5, 5.41) is 14.6.